The van der Waals surface area contributed by atoms with E-state index in [0.29, 0.717) is 5.56 Å². The Morgan fingerprint density at radius 3 is 2.48 bits per heavy atom. The lowest BCUT2D eigenvalue weighted by molar-refractivity contribution is 0.0602. The largest absolute Gasteiger partial charge is 0.465 e. The molecule has 0 amide bonds. The maximum absolute atomic E-state index is 12.4. The monoisotopic (exact) mass is 331 g/mol. The molecule has 3 nitrogen and oxygen atoms in total. The summed E-state index contributed by atoms with van der Waals surface area (Å²) in [5.41, 5.74) is 3.22. The molecule has 126 valence electrons. The molecule has 0 aliphatic carbocycles. The summed E-state index contributed by atoms with van der Waals surface area (Å²) in [5, 5.41) is 0.891. The van der Waals surface area contributed by atoms with E-state index in [-0.39, 0.29) is 5.97 Å². The van der Waals surface area contributed by atoms with E-state index in [4.69, 9.17) is 4.74 Å². The van der Waals surface area contributed by atoms with Crippen LogP contribution in [0.3, 0.4) is 0 Å². The van der Waals surface area contributed by atoms with Crippen molar-refractivity contribution in [2.24, 2.45) is 0 Å². The summed E-state index contributed by atoms with van der Waals surface area (Å²) in [5.74, 6) is 6.06. The molecule has 0 saturated heterocycles. The van der Waals surface area contributed by atoms with Gasteiger partial charge in [-0.05, 0) is 30.5 Å². The Morgan fingerprint density at radius 1 is 1.04 bits per heavy atom. The molecule has 0 atom stereocenters. The first-order valence-electron chi connectivity index (χ1n) is 8.53. The van der Waals surface area contributed by atoms with E-state index in [9.17, 15) is 4.79 Å². The molecule has 3 heteroatoms. The zero-order valence-electron chi connectivity index (χ0n) is 14.6. The molecule has 25 heavy (non-hydrogen) atoms. The lowest BCUT2D eigenvalue weighted by atomic mass is 10.1. The fraction of sp³-hybridized carbons (Fsp3) is 0.227. The first-order chi connectivity index (χ1) is 12.3. The maximum Gasteiger partial charge on any atom is 0.341 e. The van der Waals surface area contributed by atoms with Crippen molar-refractivity contribution in [1.82, 2.24) is 4.57 Å². The van der Waals surface area contributed by atoms with Gasteiger partial charge in [-0.25, -0.2) is 4.79 Å². The second kappa shape index (κ2) is 7.72. The number of nitrogens with zero attached hydrogens (tertiary/aromatic N) is 1. The summed E-state index contributed by atoms with van der Waals surface area (Å²) < 4.78 is 7.17. The van der Waals surface area contributed by atoms with Crippen LogP contribution < -0.4 is 0 Å². The van der Waals surface area contributed by atoms with Crippen LogP contribution in [0.5, 0.6) is 0 Å². The van der Waals surface area contributed by atoms with Gasteiger partial charge in [-0.15, -0.1) is 0 Å². The molecule has 0 aliphatic rings. The van der Waals surface area contributed by atoms with Gasteiger partial charge in [0.05, 0.1) is 7.11 Å². The summed E-state index contributed by atoms with van der Waals surface area (Å²) in [6, 6.07) is 17.7. The molecule has 2 aromatic carbocycles. The molecule has 0 spiro atoms. The van der Waals surface area contributed by atoms with Gasteiger partial charge in [0, 0.05) is 23.0 Å². The highest BCUT2D eigenvalue weighted by atomic mass is 16.5. The Kier molecular flexibility index (Phi) is 5.20. The second-order valence-corrected chi connectivity index (χ2v) is 5.85. The SMILES string of the molecule is CCCCn1c(C#Cc2ccccc2)c(C(=O)OC)c2ccccc21. The van der Waals surface area contributed by atoms with Gasteiger partial charge in [0.1, 0.15) is 11.3 Å². The number of aromatic nitrogens is 1. The number of fused-ring (bicyclic) bond motifs is 1. The predicted molar refractivity (Wildman–Crippen MR) is 101 cm³/mol. The van der Waals surface area contributed by atoms with Gasteiger partial charge in [-0.1, -0.05) is 55.7 Å². The van der Waals surface area contributed by atoms with Crippen LogP contribution >= 0.6 is 0 Å². The smallest absolute Gasteiger partial charge is 0.341 e. The van der Waals surface area contributed by atoms with Crippen LogP contribution in [-0.4, -0.2) is 17.6 Å². The van der Waals surface area contributed by atoms with Crippen LogP contribution in [0.2, 0.25) is 0 Å². The molecule has 0 aliphatic heterocycles. The fourth-order valence-electron chi connectivity index (χ4n) is 2.94. The zero-order chi connectivity index (χ0) is 17.6. The molecule has 0 bridgehead atoms. The van der Waals surface area contributed by atoms with Crippen molar-refractivity contribution in [3.63, 3.8) is 0 Å². The summed E-state index contributed by atoms with van der Waals surface area (Å²) in [6.45, 7) is 2.98. The molecule has 0 fully saturated rings. The van der Waals surface area contributed by atoms with E-state index < -0.39 is 0 Å². The number of methoxy groups -OCH3 is 1. The Balaban J connectivity index is 2.23. The van der Waals surface area contributed by atoms with Crippen LogP contribution in [-0.2, 0) is 11.3 Å². The van der Waals surface area contributed by atoms with Crippen LogP contribution in [0.15, 0.2) is 54.6 Å². The van der Waals surface area contributed by atoms with E-state index in [1.54, 1.807) is 0 Å². The molecule has 0 radical (unpaired) electrons. The molecular formula is C22H21NO2. The average molecular weight is 331 g/mol. The quantitative estimate of drug-likeness (QED) is 0.516. The molecule has 0 unspecified atom stereocenters. The van der Waals surface area contributed by atoms with E-state index in [0.717, 1.165) is 41.5 Å². The number of carbonyl (C=O) groups excluding carboxylic acids is 1. The van der Waals surface area contributed by atoms with E-state index >= 15 is 0 Å². The number of unbranched alkanes of at least 4 members (excludes halogenated alkanes) is 1. The number of hydrogen-bond acceptors (Lipinski definition) is 2. The molecule has 1 aromatic heterocycles. The lowest BCUT2D eigenvalue weighted by Crippen LogP contribution is -2.06. The molecule has 3 aromatic rings. The van der Waals surface area contributed by atoms with Crippen molar-refractivity contribution in [3.05, 3.63) is 71.4 Å². The lowest BCUT2D eigenvalue weighted by Gasteiger charge is -2.06. The second-order valence-electron chi connectivity index (χ2n) is 5.85. The van der Waals surface area contributed by atoms with Crippen LogP contribution in [0.1, 0.15) is 41.4 Å². The van der Waals surface area contributed by atoms with Gasteiger partial charge >= 0.3 is 5.97 Å². The standard InChI is InChI=1S/C22H21NO2/c1-3-4-16-23-19-13-9-8-12-18(19)21(22(24)25-2)20(23)15-14-17-10-6-5-7-11-17/h5-13H,3-4,16H2,1-2H3. The number of esters is 1. The van der Waals surface area contributed by atoms with E-state index in [2.05, 4.69) is 23.3 Å². The summed E-state index contributed by atoms with van der Waals surface area (Å²) in [7, 11) is 1.41. The highest BCUT2D eigenvalue weighted by Crippen LogP contribution is 2.27. The molecule has 1 heterocycles. The van der Waals surface area contributed by atoms with Gasteiger partial charge in [-0.3, -0.25) is 0 Å². The number of rotatable bonds is 4. The molecule has 3 rings (SSSR count). The van der Waals surface area contributed by atoms with Gasteiger partial charge in [0.25, 0.3) is 0 Å². The summed E-state index contributed by atoms with van der Waals surface area (Å²) in [4.78, 5) is 12.4. The van der Waals surface area contributed by atoms with E-state index in [1.807, 2.05) is 54.6 Å². The van der Waals surface area contributed by atoms with Crippen molar-refractivity contribution in [1.29, 1.82) is 0 Å². The Hall–Kier alpha value is -2.99. The van der Waals surface area contributed by atoms with Crippen molar-refractivity contribution < 1.29 is 9.53 Å². The molecular weight excluding hydrogens is 310 g/mol. The normalized spacial score (nSPS) is 10.3. The third-order valence-electron chi connectivity index (χ3n) is 4.19. The third-order valence-corrected chi connectivity index (χ3v) is 4.19. The number of carbonyl (C=O) groups is 1. The highest BCUT2D eigenvalue weighted by Gasteiger charge is 2.21. The van der Waals surface area contributed by atoms with Gasteiger partial charge in [0.15, 0.2) is 0 Å². The predicted octanol–water partition coefficient (Wildman–Crippen LogP) is 4.63. The van der Waals surface area contributed by atoms with Crippen molar-refractivity contribution >= 4 is 16.9 Å². The van der Waals surface area contributed by atoms with Gasteiger partial charge in [-0.2, -0.15) is 0 Å². The van der Waals surface area contributed by atoms with Crippen molar-refractivity contribution in [2.45, 2.75) is 26.3 Å². The summed E-state index contributed by atoms with van der Waals surface area (Å²) >= 11 is 0. The minimum Gasteiger partial charge on any atom is -0.465 e. The first kappa shape index (κ1) is 16.9. The third kappa shape index (κ3) is 3.44. The Morgan fingerprint density at radius 2 is 1.76 bits per heavy atom. The van der Waals surface area contributed by atoms with Crippen molar-refractivity contribution in [3.8, 4) is 11.8 Å². The summed E-state index contributed by atoms with van der Waals surface area (Å²) in [6.07, 6.45) is 2.10. The fourth-order valence-corrected chi connectivity index (χ4v) is 2.94. The number of hydrogen-bond donors (Lipinski definition) is 0. The first-order valence-corrected chi connectivity index (χ1v) is 8.53. The number of aryl methyl sites for hydroxylation is 1. The Labute approximate surface area is 148 Å². The number of benzene rings is 2. The van der Waals surface area contributed by atoms with E-state index in [1.165, 1.54) is 7.11 Å². The number of para-hydroxylation sites is 1. The van der Waals surface area contributed by atoms with Gasteiger partial charge < -0.3 is 9.30 Å². The maximum atomic E-state index is 12.4. The van der Waals surface area contributed by atoms with Crippen molar-refractivity contribution in [2.75, 3.05) is 7.11 Å². The van der Waals surface area contributed by atoms with Gasteiger partial charge in [0.2, 0.25) is 0 Å². The van der Waals surface area contributed by atoms with Crippen LogP contribution in [0.25, 0.3) is 10.9 Å². The zero-order valence-corrected chi connectivity index (χ0v) is 14.6. The van der Waals surface area contributed by atoms with Crippen LogP contribution in [0.4, 0.5) is 0 Å². The molecule has 0 saturated carbocycles. The minimum atomic E-state index is -0.344. The molecule has 0 N–H and O–H groups in total. The average Bonchev–Trinajstić information content (AvgIpc) is 2.98. The number of ether oxygens (including phenoxy) is 1. The Bertz CT molecular complexity index is 943. The topological polar surface area (TPSA) is 31.2 Å². The highest BCUT2D eigenvalue weighted by molar-refractivity contribution is 6.07. The minimum absolute atomic E-state index is 0.344. The van der Waals surface area contributed by atoms with Crippen LogP contribution in [0, 0.1) is 11.8 Å².